The number of nitrogens with zero attached hydrogens (tertiary/aromatic N) is 2. The molecule has 0 amide bonds. The minimum Gasteiger partial charge on any atom is -0.480 e. The standard InChI is InChI=1S/C14H17N3OS/c1-10-3-5-11(6-4-10)19-9-12(15)13-14(18-2)17-8-7-16-13/h3-8,12H,9,15H2,1-2H3. The third-order valence-electron chi connectivity index (χ3n) is 2.69. The molecule has 2 aromatic rings. The predicted octanol–water partition coefficient (Wildman–Crippen LogP) is 2.59. The maximum Gasteiger partial charge on any atom is 0.237 e. The molecule has 1 atom stereocenters. The molecule has 2 rings (SSSR count). The second-order valence-electron chi connectivity index (χ2n) is 4.18. The number of hydrogen-bond donors (Lipinski definition) is 1. The molecule has 1 unspecified atom stereocenters. The summed E-state index contributed by atoms with van der Waals surface area (Å²) in [5.74, 6) is 1.23. The van der Waals surface area contributed by atoms with Crippen molar-refractivity contribution >= 4 is 11.8 Å². The number of aryl methyl sites for hydroxylation is 1. The van der Waals surface area contributed by atoms with Gasteiger partial charge in [0, 0.05) is 23.0 Å². The van der Waals surface area contributed by atoms with Crippen LogP contribution in [0.15, 0.2) is 41.6 Å². The SMILES string of the molecule is COc1nccnc1C(N)CSc1ccc(C)cc1. The number of benzene rings is 1. The molecule has 0 saturated heterocycles. The van der Waals surface area contributed by atoms with E-state index in [4.69, 9.17) is 10.5 Å². The van der Waals surface area contributed by atoms with Gasteiger partial charge in [0.05, 0.1) is 13.2 Å². The Labute approximate surface area is 117 Å². The van der Waals surface area contributed by atoms with Crippen LogP contribution in [0.3, 0.4) is 0 Å². The van der Waals surface area contributed by atoms with Crippen molar-refractivity contribution in [2.75, 3.05) is 12.9 Å². The van der Waals surface area contributed by atoms with Crippen molar-refractivity contribution in [3.05, 3.63) is 47.9 Å². The van der Waals surface area contributed by atoms with Crippen LogP contribution in [-0.4, -0.2) is 22.8 Å². The van der Waals surface area contributed by atoms with Crippen molar-refractivity contribution in [2.24, 2.45) is 5.73 Å². The molecule has 0 radical (unpaired) electrons. The van der Waals surface area contributed by atoms with E-state index in [-0.39, 0.29) is 6.04 Å². The van der Waals surface area contributed by atoms with Gasteiger partial charge in [-0.15, -0.1) is 11.8 Å². The fourth-order valence-electron chi connectivity index (χ4n) is 1.65. The van der Waals surface area contributed by atoms with Gasteiger partial charge in [0.25, 0.3) is 0 Å². The first-order valence-corrected chi connectivity index (χ1v) is 6.99. The number of aromatic nitrogens is 2. The lowest BCUT2D eigenvalue weighted by molar-refractivity contribution is 0.386. The summed E-state index contributed by atoms with van der Waals surface area (Å²) in [5, 5.41) is 0. The molecule has 4 nitrogen and oxygen atoms in total. The van der Waals surface area contributed by atoms with Crippen LogP contribution in [0.2, 0.25) is 0 Å². The molecule has 0 aliphatic rings. The average molecular weight is 275 g/mol. The van der Waals surface area contributed by atoms with Crippen molar-refractivity contribution in [3.8, 4) is 5.88 Å². The lowest BCUT2D eigenvalue weighted by Crippen LogP contribution is -2.16. The average Bonchev–Trinajstić information content (AvgIpc) is 2.46. The Morgan fingerprint density at radius 3 is 2.58 bits per heavy atom. The van der Waals surface area contributed by atoms with E-state index in [0.717, 1.165) is 5.75 Å². The van der Waals surface area contributed by atoms with E-state index < -0.39 is 0 Å². The van der Waals surface area contributed by atoms with Crippen LogP contribution in [0.5, 0.6) is 5.88 Å². The lowest BCUT2D eigenvalue weighted by Gasteiger charge is -2.13. The number of methoxy groups -OCH3 is 1. The minimum absolute atomic E-state index is 0.199. The summed E-state index contributed by atoms with van der Waals surface area (Å²) in [6.45, 7) is 2.07. The van der Waals surface area contributed by atoms with E-state index in [0.29, 0.717) is 11.6 Å². The zero-order valence-electron chi connectivity index (χ0n) is 11.0. The highest BCUT2D eigenvalue weighted by Crippen LogP contribution is 2.25. The molecule has 1 aromatic heterocycles. The number of ether oxygens (including phenoxy) is 1. The van der Waals surface area contributed by atoms with Crippen molar-refractivity contribution in [3.63, 3.8) is 0 Å². The smallest absolute Gasteiger partial charge is 0.237 e. The van der Waals surface area contributed by atoms with Gasteiger partial charge in [-0.05, 0) is 19.1 Å². The van der Waals surface area contributed by atoms with Crippen LogP contribution < -0.4 is 10.5 Å². The van der Waals surface area contributed by atoms with Crippen LogP contribution in [0, 0.1) is 6.92 Å². The molecular formula is C14H17N3OS. The number of thioether (sulfide) groups is 1. The molecule has 19 heavy (non-hydrogen) atoms. The van der Waals surface area contributed by atoms with Crippen molar-refractivity contribution in [2.45, 2.75) is 17.9 Å². The van der Waals surface area contributed by atoms with Crippen LogP contribution in [-0.2, 0) is 0 Å². The Balaban J connectivity index is 2.01. The van der Waals surface area contributed by atoms with Gasteiger partial charge in [0.2, 0.25) is 5.88 Å². The molecular weight excluding hydrogens is 258 g/mol. The van der Waals surface area contributed by atoms with Gasteiger partial charge in [0.1, 0.15) is 5.69 Å². The number of nitrogens with two attached hydrogens (primary N) is 1. The summed E-state index contributed by atoms with van der Waals surface area (Å²) < 4.78 is 5.17. The molecule has 0 spiro atoms. The largest absolute Gasteiger partial charge is 0.480 e. The molecule has 0 aliphatic heterocycles. The quantitative estimate of drug-likeness (QED) is 0.850. The third kappa shape index (κ3) is 3.68. The maximum atomic E-state index is 6.15. The number of hydrogen-bond acceptors (Lipinski definition) is 5. The third-order valence-corrected chi connectivity index (χ3v) is 3.82. The fourth-order valence-corrected chi connectivity index (χ4v) is 2.51. The molecule has 5 heteroatoms. The molecule has 0 saturated carbocycles. The van der Waals surface area contributed by atoms with Crippen molar-refractivity contribution in [1.82, 2.24) is 9.97 Å². The van der Waals surface area contributed by atoms with Crippen molar-refractivity contribution in [1.29, 1.82) is 0 Å². The van der Waals surface area contributed by atoms with Crippen molar-refractivity contribution < 1.29 is 4.74 Å². The summed E-state index contributed by atoms with van der Waals surface area (Å²) in [6, 6.07) is 8.18. The van der Waals surface area contributed by atoms with Gasteiger partial charge < -0.3 is 10.5 Å². The zero-order chi connectivity index (χ0) is 13.7. The Bertz CT molecular complexity index is 530. The topological polar surface area (TPSA) is 61.0 Å². The van der Waals surface area contributed by atoms with Gasteiger partial charge in [-0.1, -0.05) is 17.7 Å². The monoisotopic (exact) mass is 275 g/mol. The highest BCUT2D eigenvalue weighted by molar-refractivity contribution is 7.99. The predicted molar refractivity (Wildman–Crippen MR) is 77.4 cm³/mol. The van der Waals surface area contributed by atoms with Gasteiger partial charge in [-0.3, -0.25) is 4.98 Å². The summed E-state index contributed by atoms with van der Waals surface area (Å²) in [4.78, 5) is 9.56. The first-order chi connectivity index (χ1) is 9.20. The number of rotatable bonds is 5. The Morgan fingerprint density at radius 1 is 1.21 bits per heavy atom. The summed E-state index contributed by atoms with van der Waals surface area (Å²) >= 11 is 1.70. The Morgan fingerprint density at radius 2 is 1.89 bits per heavy atom. The summed E-state index contributed by atoms with van der Waals surface area (Å²) in [7, 11) is 1.58. The second kappa shape index (κ2) is 6.54. The van der Waals surface area contributed by atoms with Crippen LogP contribution >= 0.6 is 11.8 Å². The normalized spacial score (nSPS) is 12.2. The maximum absolute atomic E-state index is 6.15. The molecule has 2 N–H and O–H groups in total. The molecule has 0 bridgehead atoms. The van der Waals surface area contributed by atoms with E-state index in [1.165, 1.54) is 10.5 Å². The highest BCUT2D eigenvalue weighted by atomic mass is 32.2. The molecule has 0 fully saturated rings. The molecule has 100 valence electrons. The Hall–Kier alpha value is -1.59. The molecule has 1 heterocycles. The van der Waals surface area contributed by atoms with Gasteiger partial charge >= 0.3 is 0 Å². The minimum atomic E-state index is -0.199. The lowest BCUT2D eigenvalue weighted by atomic mass is 10.2. The summed E-state index contributed by atoms with van der Waals surface area (Å²) in [6.07, 6.45) is 3.23. The van der Waals surface area contributed by atoms with Gasteiger partial charge in [-0.25, -0.2) is 4.98 Å². The van der Waals surface area contributed by atoms with E-state index in [1.807, 2.05) is 0 Å². The van der Waals surface area contributed by atoms with E-state index >= 15 is 0 Å². The van der Waals surface area contributed by atoms with Gasteiger partial charge in [0.15, 0.2) is 0 Å². The zero-order valence-corrected chi connectivity index (χ0v) is 11.9. The van der Waals surface area contributed by atoms with Gasteiger partial charge in [-0.2, -0.15) is 0 Å². The molecule has 1 aromatic carbocycles. The van der Waals surface area contributed by atoms with E-state index in [2.05, 4.69) is 41.2 Å². The van der Waals surface area contributed by atoms with Crippen LogP contribution in [0.4, 0.5) is 0 Å². The fraction of sp³-hybridized carbons (Fsp3) is 0.286. The molecule has 0 aliphatic carbocycles. The second-order valence-corrected chi connectivity index (χ2v) is 5.27. The van der Waals surface area contributed by atoms with Crippen LogP contribution in [0.1, 0.15) is 17.3 Å². The van der Waals surface area contributed by atoms with E-state index in [1.54, 1.807) is 31.3 Å². The Kier molecular flexibility index (Phi) is 4.76. The summed E-state index contributed by atoms with van der Waals surface area (Å²) in [5.41, 5.74) is 8.10. The first kappa shape index (κ1) is 13.8. The van der Waals surface area contributed by atoms with Crippen LogP contribution in [0.25, 0.3) is 0 Å². The van der Waals surface area contributed by atoms with E-state index in [9.17, 15) is 0 Å². The first-order valence-electron chi connectivity index (χ1n) is 6.00. The highest BCUT2D eigenvalue weighted by Gasteiger charge is 2.14.